The molecule has 0 aliphatic heterocycles. The van der Waals surface area contributed by atoms with E-state index in [2.05, 4.69) is 9.97 Å². The molecule has 0 amide bonds. The van der Waals surface area contributed by atoms with E-state index >= 15 is 0 Å². The fraction of sp³-hybridized carbons (Fsp3) is 0.125. The Morgan fingerprint density at radius 3 is 2.62 bits per heavy atom. The summed E-state index contributed by atoms with van der Waals surface area (Å²) in [5.74, 6) is -1.38. The molecule has 0 atom stereocenters. The van der Waals surface area contributed by atoms with Gasteiger partial charge in [0.05, 0.1) is 15.9 Å². The average molecular weight is 250 g/mol. The molecule has 0 aliphatic carbocycles. The first kappa shape index (κ1) is 10.9. The predicted octanol–water partition coefficient (Wildman–Crippen LogP) is 1.99. The van der Waals surface area contributed by atoms with E-state index in [-0.39, 0.29) is 15.9 Å². The van der Waals surface area contributed by atoms with Gasteiger partial charge in [-0.2, -0.15) is 13.2 Å². The highest BCUT2D eigenvalue weighted by atomic mass is 35.5. The number of hydrogen-bond donors (Lipinski definition) is 1. The van der Waals surface area contributed by atoms with Crippen LogP contribution in [0.25, 0.3) is 10.9 Å². The van der Waals surface area contributed by atoms with Gasteiger partial charge < -0.3 is 4.98 Å². The number of nitrogens with one attached hydrogen (secondary N) is 1. The number of pyridine rings is 1. The summed E-state index contributed by atoms with van der Waals surface area (Å²) in [4.78, 5) is 19.8. The van der Waals surface area contributed by atoms with Crippen molar-refractivity contribution in [2.24, 2.45) is 0 Å². The van der Waals surface area contributed by atoms with Crippen LogP contribution >= 0.6 is 11.6 Å². The molecule has 84 valence electrons. The Labute approximate surface area is 91.1 Å². The number of alkyl halides is 3. The Morgan fingerprint density at radius 2 is 2.00 bits per heavy atom. The number of hydrogen-bond acceptors (Lipinski definition) is 3. The van der Waals surface area contributed by atoms with E-state index in [0.717, 1.165) is 12.4 Å². The summed E-state index contributed by atoms with van der Waals surface area (Å²) in [6.07, 6.45) is -2.50. The van der Waals surface area contributed by atoms with Crippen molar-refractivity contribution < 1.29 is 13.2 Å². The normalized spacial score (nSPS) is 12.0. The van der Waals surface area contributed by atoms with Gasteiger partial charge in [0.2, 0.25) is 5.82 Å². The smallest absolute Gasteiger partial charge is 0.302 e. The quantitative estimate of drug-likeness (QED) is 0.777. The Bertz CT molecular complexity index is 607. The van der Waals surface area contributed by atoms with Crippen molar-refractivity contribution in [2.45, 2.75) is 6.18 Å². The minimum Gasteiger partial charge on any atom is -0.302 e. The number of halogens is 4. The van der Waals surface area contributed by atoms with Gasteiger partial charge in [-0.25, -0.2) is 4.98 Å². The second kappa shape index (κ2) is 3.44. The van der Waals surface area contributed by atoms with Gasteiger partial charge in [-0.15, -0.1) is 0 Å². The second-order valence-electron chi connectivity index (χ2n) is 2.93. The monoisotopic (exact) mass is 249 g/mol. The second-order valence-corrected chi connectivity index (χ2v) is 3.34. The lowest BCUT2D eigenvalue weighted by Gasteiger charge is -2.06. The molecule has 2 aromatic heterocycles. The van der Waals surface area contributed by atoms with Gasteiger partial charge >= 0.3 is 6.18 Å². The molecule has 2 rings (SSSR count). The number of aromatic amines is 1. The van der Waals surface area contributed by atoms with E-state index in [4.69, 9.17) is 11.6 Å². The summed E-state index contributed by atoms with van der Waals surface area (Å²) < 4.78 is 37.0. The maximum atomic E-state index is 12.3. The van der Waals surface area contributed by atoms with Crippen molar-refractivity contribution in [3.63, 3.8) is 0 Å². The molecule has 8 heteroatoms. The van der Waals surface area contributed by atoms with E-state index in [1.165, 1.54) is 0 Å². The summed E-state index contributed by atoms with van der Waals surface area (Å²) >= 11 is 5.61. The summed E-state index contributed by atoms with van der Waals surface area (Å²) in [7, 11) is 0. The number of rotatable bonds is 0. The van der Waals surface area contributed by atoms with Crippen LogP contribution in [0.4, 0.5) is 13.2 Å². The molecule has 2 heterocycles. The van der Waals surface area contributed by atoms with Gasteiger partial charge in [0.1, 0.15) is 0 Å². The Hall–Kier alpha value is -1.63. The van der Waals surface area contributed by atoms with Crippen molar-refractivity contribution in [1.29, 1.82) is 0 Å². The topological polar surface area (TPSA) is 58.6 Å². The first-order valence-corrected chi connectivity index (χ1v) is 4.38. The number of fused-ring (bicyclic) bond motifs is 1. The van der Waals surface area contributed by atoms with E-state index in [1.54, 1.807) is 4.98 Å². The molecular formula is C8H3ClF3N3O. The highest BCUT2D eigenvalue weighted by Gasteiger charge is 2.34. The molecule has 0 radical (unpaired) electrons. The molecule has 2 aromatic rings. The van der Waals surface area contributed by atoms with Crippen LogP contribution in [-0.4, -0.2) is 15.0 Å². The minimum atomic E-state index is -4.72. The van der Waals surface area contributed by atoms with Gasteiger partial charge in [-0.05, 0) is 0 Å². The first-order valence-electron chi connectivity index (χ1n) is 4.00. The third kappa shape index (κ3) is 1.73. The van der Waals surface area contributed by atoms with E-state index in [1.807, 2.05) is 0 Å². The van der Waals surface area contributed by atoms with Crippen molar-refractivity contribution in [1.82, 2.24) is 15.0 Å². The molecular weight excluding hydrogens is 247 g/mol. The van der Waals surface area contributed by atoms with Crippen LogP contribution in [-0.2, 0) is 6.18 Å². The molecule has 4 nitrogen and oxygen atoms in total. The lowest BCUT2D eigenvalue weighted by atomic mass is 10.3. The van der Waals surface area contributed by atoms with E-state index in [9.17, 15) is 18.0 Å². The third-order valence-electron chi connectivity index (χ3n) is 1.84. The lowest BCUT2D eigenvalue weighted by Crippen LogP contribution is -2.19. The highest BCUT2D eigenvalue weighted by molar-refractivity contribution is 6.34. The van der Waals surface area contributed by atoms with E-state index < -0.39 is 17.6 Å². The lowest BCUT2D eigenvalue weighted by molar-refractivity contribution is -0.144. The predicted molar refractivity (Wildman–Crippen MR) is 50.2 cm³/mol. The van der Waals surface area contributed by atoms with Crippen molar-refractivity contribution in [3.8, 4) is 0 Å². The Kier molecular flexibility index (Phi) is 2.34. The van der Waals surface area contributed by atoms with Gasteiger partial charge in [-0.3, -0.25) is 9.78 Å². The maximum Gasteiger partial charge on any atom is 0.449 e. The number of nitrogens with zero attached hydrogens (tertiary/aromatic N) is 2. The molecule has 0 bridgehead atoms. The molecule has 1 N–H and O–H groups in total. The van der Waals surface area contributed by atoms with Crippen LogP contribution in [0.3, 0.4) is 0 Å². The molecule has 0 fully saturated rings. The SMILES string of the molecule is O=c1[nH]c(C(F)(F)F)nc2c(Cl)cncc12. The van der Waals surface area contributed by atoms with Crippen molar-refractivity contribution >= 4 is 22.5 Å². The maximum absolute atomic E-state index is 12.3. The Morgan fingerprint density at radius 1 is 1.31 bits per heavy atom. The minimum absolute atomic E-state index is 0.0829. The number of H-pyrrole nitrogens is 1. The summed E-state index contributed by atoms with van der Waals surface area (Å²) in [6.45, 7) is 0. The van der Waals surface area contributed by atoms with Gasteiger partial charge in [0, 0.05) is 12.4 Å². The average Bonchev–Trinajstić information content (AvgIpc) is 2.18. The summed E-state index contributed by atoms with van der Waals surface area (Å²) in [6, 6.07) is 0. The fourth-order valence-electron chi connectivity index (χ4n) is 1.16. The summed E-state index contributed by atoms with van der Waals surface area (Å²) in [5.41, 5.74) is -1.14. The highest BCUT2D eigenvalue weighted by Crippen LogP contribution is 2.27. The van der Waals surface area contributed by atoms with Gasteiger partial charge in [0.25, 0.3) is 5.56 Å². The standard InChI is InChI=1S/C8H3ClF3N3O/c9-4-2-13-1-3-5(4)14-7(8(10,11)12)15-6(3)16/h1-2H,(H,14,15,16). The number of aromatic nitrogens is 3. The first-order chi connectivity index (χ1) is 7.39. The van der Waals surface area contributed by atoms with Crippen molar-refractivity contribution in [3.05, 3.63) is 33.6 Å². The molecule has 0 saturated heterocycles. The van der Waals surface area contributed by atoms with Crippen LogP contribution in [0.1, 0.15) is 5.82 Å². The van der Waals surface area contributed by atoms with Gasteiger partial charge in [-0.1, -0.05) is 11.6 Å². The zero-order valence-corrected chi connectivity index (χ0v) is 8.23. The summed E-state index contributed by atoms with van der Waals surface area (Å²) in [5, 5.41) is -0.186. The zero-order chi connectivity index (χ0) is 11.9. The van der Waals surface area contributed by atoms with E-state index in [0.29, 0.717) is 0 Å². The molecule has 0 aromatic carbocycles. The van der Waals surface area contributed by atoms with Crippen molar-refractivity contribution in [2.75, 3.05) is 0 Å². The molecule has 0 spiro atoms. The molecule has 0 unspecified atom stereocenters. The fourth-order valence-corrected chi connectivity index (χ4v) is 1.36. The van der Waals surface area contributed by atoms with Crippen LogP contribution < -0.4 is 5.56 Å². The molecule has 16 heavy (non-hydrogen) atoms. The zero-order valence-electron chi connectivity index (χ0n) is 7.47. The molecule has 0 saturated carbocycles. The van der Waals surface area contributed by atoms with Crippen LogP contribution in [0.15, 0.2) is 17.2 Å². The van der Waals surface area contributed by atoms with Gasteiger partial charge in [0.15, 0.2) is 0 Å². The largest absolute Gasteiger partial charge is 0.449 e. The van der Waals surface area contributed by atoms with Crippen LogP contribution in [0.2, 0.25) is 5.02 Å². The third-order valence-corrected chi connectivity index (χ3v) is 2.12. The van der Waals surface area contributed by atoms with Crippen LogP contribution in [0, 0.1) is 0 Å². The van der Waals surface area contributed by atoms with Crippen LogP contribution in [0.5, 0.6) is 0 Å². The molecule has 0 aliphatic rings. The Balaban J connectivity index is 2.86.